The summed E-state index contributed by atoms with van der Waals surface area (Å²) in [4.78, 5) is 20.6. The summed E-state index contributed by atoms with van der Waals surface area (Å²) < 4.78 is 5.08. The molecule has 0 radical (unpaired) electrons. The number of nitrogens with zero attached hydrogens (tertiary/aromatic N) is 7. The molecule has 0 N–H and O–H groups in total. The smallest absolute Gasteiger partial charge is 0.223 e. The first-order chi connectivity index (χ1) is 13.8. The molecule has 0 atom stereocenters. The second-order valence-electron chi connectivity index (χ2n) is 7.59. The van der Waals surface area contributed by atoms with Crippen molar-refractivity contribution in [1.82, 2.24) is 25.0 Å². The molecule has 2 aliphatic rings. The maximum atomic E-state index is 5.08. The molecule has 2 aromatic heterocycles. The van der Waals surface area contributed by atoms with Crippen LogP contribution in [0.15, 0.2) is 29.0 Å². The molecule has 8 heteroatoms. The van der Waals surface area contributed by atoms with Crippen LogP contribution in [-0.2, 0) is 6.54 Å². The van der Waals surface area contributed by atoms with Crippen molar-refractivity contribution in [3.63, 3.8) is 0 Å². The maximum absolute atomic E-state index is 5.08. The third-order valence-corrected chi connectivity index (χ3v) is 5.68. The van der Waals surface area contributed by atoms with E-state index < -0.39 is 0 Å². The van der Waals surface area contributed by atoms with Crippen LogP contribution < -0.4 is 9.80 Å². The fraction of sp³-hybridized carbons (Fsp3) is 0.500. The van der Waals surface area contributed by atoms with Crippen LogP contribution in [-0.4, -0.2) is 64.3 Å². The molecule has 0 aliphatic carbocycles. The van der Waals surface area contributed by atoms with Crippen molar-refractivity contribution in [3.05, 3.63) is 36.2 Å². The Kier molecular flexibility index (Phi) is 4.56. The molecule has 2 aliphatic heterocycles. The standard InChI is InChI=1S/C20H25N7O/c1-15-23-19(24-28-15)13-25-8-10-26(11-9-25)16-4-5-18-17(12-16)20(22-14-21-18)27-6-2-3-7-27/h4-5,12,14H,2-3,6-11,13H2,1H3. The van der Waals surface area contributed by atoms with Crippen LogP contribution in [0, 0.1) is 6.92 Å². The Morgan fingerprint density at radius 1 is 0.964 bits per heavy atom. The zero-order valence-corrected chi connectivity index (χ0v) is 16.2. The first-order valence-corrected chi connectivity index (χ1v) is 10.0. The van der Waals surface area contributed by atoms with Crippen molar-refractivity contribution < 1.29 is 4.52 Å². The first kappa shape index (κ1) is 17.4. The largest absolute Gasteiger partial charge is 0.369 e. The molecule has 0 saturated carbocycles. The van der Waals surface area contributed by atoms with Crippen molar-refractivity contribution in [2.75, 3.05) is 49.1 Å². The Bertz CT molecular complexity index is 958. The van der Waals surface area contributed by atoms with Gasteiger partial charge in [-0.05, 0) is 31.0 Å². The highest BCUT2D eigenvalue weighted by Crippen LogP contribution is 2.30. The lowest BCUT2D eigenvalue weighted by Crippen LogP contribution is -2.46. The molecule has 0 spiro atoms. The van der Waals surface area contributed by atoms with Crippen LogP contribution >= 0.6 is 0 Å². The summed E-state index contributed by atoms with van der Waals surface area (Å²) in [5.41, 5.74) is 2.27. The van der Waals surface area contributed by atoms with Gasteiger partial charge in [-0.1, -0.05) is 5.16 Å². The zero-order chi connectivity index (χ0) is 18.9. The van der Waals surface area contributed by atoms with Gasteiger partial charge < -0.3 is 14.3 Å². The number of aryl methyl sites for hydroxylation is 1. The molecule has 4 heterocycles. The molecule has 0 bridgehead atoms. The van der Waals surface area contributed by atoms with E-state index in [9.17, 15) is 0 Å². The van der Waals surface area contributed by atoms with E-state index in [1.54, 1.807) is 6.33 Å². The van der Waals surface area contributed by atoms with Gasteiger partial charge in [-0.3, -0.25) is 4.90 Å². The van der Waals surface area contributed by atoms with Gasteiger partial charge in [0, 0.05) is 57.3 Å². The summed E-state index contributed by atoms with van der Waals surface area (Å²) in [6.45, 7) is 8.68. The van der Waals surface area contributed by atoms with Crippen molar-refractivity contribution in [2.45, 2.75) is 26.3 Å². The molecule has 146 valence electrons. The van der Waals surface area contributed by atoms with Crippen LogP contribution in [0.25, 0.3) is 10.9 Å². The molecule has 8 nitrogen and oxygen atoms in total. The first-order valence-electron chi connectivity index (χ1n) is 10.0. The Labute approximate surface area is 164 Å². The fourth-order valence-electron chi connectivity index (χ4n) is 4.18. The number of rotatable bonds is 4. The van der Waals surface area contributed by atoms with E-state index >= 15 is 0 Å². The van der Waals surface area contributed by atoms with Gasteiger partial charge in [0.05, 0.1) is 12.1 Å². The summed E-state index contributed by atoms with van der Waals surface area (Å²) in [6.07, 6.45) is 4.17. The van der Waals surface area contributed by atoms with Gasteiger partial charge in [0.2, 0.25) is 5.89 Å². The number of hydrogen-bond donors (Lipinski definition) is 0. The minimum Gasteiger partial charge on any atom is -0.369 e. The molecule has 5 rings (SSSR count). The lowest BCUT2D eigenvalue weighted by atomic mass is 10.1. The van der Waals surface area contributed by atoms with Gasteiger partial charge in [0.1, 0.15) is 12.1 Å². The monoisotopic (exact) mass is 379 g/mol. The predicted octanol–water partition coefficient (Wildman–Crippen LogP) is 2.24. The quantitative estimate of drug-likeness (QED) is 0.683. The molecule has 2 saturated heterocycles. The summed E-state index contributed by atoms with van der Waals surface area (Å²) in [7, 11) is 0. The Hall–Kier alpha value is -2.74. The molecule has 3 aromatic rings. The normalized spacial score (nSPS) is 18.3. The van der Waals surface area contributed by atoms with Gasteiger partial charge >= 0.3 is 0 Å². The Morgan fingerprint density at radius 3 is 2.54 bits per heavy atom. The number of aromatic nitrogens is 4. The minimum atomic E-state index is 0.626. The summed E-state index contributed by atoms with van der Waals surface area (Å²) in [5.74, 6) is 2.47. The van der Waals surface area contributed by atoms with E-state index in [-0.39, 0.29) is 0 Å². The topological polar surface area (TPSA) is 74.4 Å². The third kappa shape index (κ3) is 3.40. The average Bonchev–Trinajstić information content (AvgIpc) is 3.40. The number of piperazine rings is 1. The van der Waals surface area contributed by atoms with E-state index in [4.69, 9.17) is 4.52 Å². The Morgan fingerprint density at radius 2 is 1.79 bits per heavy atom. The molecular weight excluding hydrogens is 354 g/mol. The Balaban J connectivity index is 1.32. The molecule has 0 unspecified atom stereocenters. The van der Waals surface area contributed by atoms with Crippen LogP contribution in [0.3, 0.4) is 0 Å². The lowest BCUT2D eigenvalue weighted by molar-refractivity contribution is 0.240. The molecular formula is C20H25N7O. The number of benzene rings is 1. The SMILES string of the molecule is Cc1nc(CN2CCN(c3ccc4ncnc(N5CCCC5)c4c3)CC2)no1. The van der Waals surface area contributed by atoms with Crippen LogP contribution in [0.5, 0.6) is 0 Å². The third-order valence-electron chi connectivity index (χ3n) is 5.68. The van der Waals surface area contributed by atoms with Crippen molar-refractivity contribution in [1.29, 1.82) is 0 Å². The van der Waals surface area contributed by atoms with E-state index in [0.29, 0.717) is 5.89 Å². The predicted molar refractivity (Wildman–Crippen MR) is 108 cm³/mol. The van der Waals surface area contributed by atoms with Gasteiger partial charge in [-0.2, -0.15) is 4.98 Å². The molecule has 28 heavy (non-hydrogen) atoms. The van der Waals surface area contributed by atoms with E-state index in [1.807, 2.05) is 6.92 Å². The van der Waals surface area contributed by atoms with Crippen molar-refractivity contribution >= 4 is 22.4 Å². The molecule has 1 aromatic carbocycles. The second kappa shape index (κ2) is 7.35. The van der Waals surface area contributed by atoms with Crippen LogP contribution in [0.2, 0.25) is 0 Å². The summed E-state index contributed by atoms with van der Waals surface area (Å²) in [6, 6.07) is 6.57. The van der Waals surface area contributed by atoms with Gasteiger partial charge in [-0.15, -0.1) is 0 Å². The van der Waals surface area contributed by atoms with Gasteiger partial charge in [0.25, 0.3) is 0 Å². The summed E-state index contributed by atoms with van der Waals surface area (Å²) >= 11 is 0. The van der Waals surface area contributed by atoms with Crippen molar-refractivity contribution in [3.8, 4) is 0 Å². The number of anilines is 2. The van der Waals surface area contributed by atoms with Crippen LogP contribution in [0.4, 0.5) is 11.5 Å². The molecule has 0 amide bonds. The highest BCUT2D eigenvalue weighted by atomic mass is 16.5. The number of fused-ring (bicyclic) bond motifs is 1. The fourth-order valence-corrected chi connectivity index (χ4v) is 4.18. The van der Waals surface area contributed by atoms with Gasteiger partial charge in [-0.25, -0.2) is 9.97 Å². The van der Waals surface area contributed by atoms with E-state index in [0.717, 1.165) is 68.4 Å². The molecule has 2 fully saturated rings. The highest BCUT2D eigenvalue weighted by molar-refractivity contribution is 5.92. The van der Waals surface area contributed by atoms with E-state index in [2.05, 4.69) is 53.0 Å². The van der Waals surface area contributed by atoms with Crippen molar-refractivity contribution in [2.24, 2.45) is 0 Å². The van der Waals surface area contributed by atoms with E-state index in [1.165, 1.54) is 18.5 Å². The summed E-state index contributed by atoms with van der Waals surface area (Å²) in [5, 5.41) is 5.17. The maximum Gasteiger partial charge on any atom is 0.223 e. The minimum absolute atomic E-state index is 0.626. The van der Waals surface area contributed by atoms with Gasteiger partial charge in [0.15, 0.2) is 5.82 Å². The lowest BCUT2D eigenvalue weighted by Gasteiger charge is -2.35. The number of hydrogen-bond acceptors (Lipinski definition) is 8. The van der Waals surface area contributed by atoms with Crippen LogP contribution in [0.1, 0.15) is 24.6 Å². The zero-order valence-electron chi connectivity index (χ0n) is 16.2. The second-order valence-corrected chi connectivity index (χ2v) is 7.59. The highest BCUT2D eigenvalue weighted by Gasteiger charge is 2.21. The average molecular weight is 379 g/mol.